The molecule has 3 heterocycles. The van der Waals surface area contributed by atoms with Crippen molar-refractivity contribution in [2.75, 3.05) is 13.7 Å². The van der Waals surface area contributed by atoms with Crippen LogP contribution in [-0.2, 0) is 33.9 Å². The van der Waals surface area contributed by atoms with Crippen molar-refractivity contribution in [2.24, 2.45) is 29.1 Å². The Morgan fingerprint density at radius 1 is 1.02 bits per heavy atom. The number of carbonyl (C=O) groups is 4. The number of benzene rings is 1. The van der Waals surface area contributed by atoms with Crippen LogP contribution in [0.15, 0.2) is 36.4 Å². The summed E-state index contributed by atoms with van der Waals surface area (Å²) in [5.74, 6) is -4.86. The molecule has 7 atom stereocenters. The molecular weight excluding hydrogens is 758 g/mol. The first-order valence-electron chi connectivity index (χ1n) is 19.1. The molecule has 13 nitrogen and oxygen atoms in total. The highest BCUT2D eigenvalue weighted by Crippen LogP contribution is 2.57. The van der Waals surface area contributed by atoms with Gasteiger partial charge in [-0.05, 0) is 82.3 Å². The molecule has 1 aromatic heterocycles. The van der Waals surface area contributed by atoms with Gasteiger partial charge < -0.3 is 19.1 Å². The minimum Gasteiger partial charge on any atom is -0.479 e. The number of nitrogens with one attached hydrogen (secondary N) is 1. The number of Topliss-reactive ketones (excluding diaryl/α,β-unsaturated/α-hetero) is 1. The maximum Gasteiger partial charge on any atom is 0.427 e. The second-order valence-electron chi connectivity index (χ2n) is 16.4. The van der Waals surface area contributed by atoms with E-state index in [2.05, 4.69) is 14.9 Å². The van der Waals surface area contributed by atoms with E-state index >= 15 is 0 Å². The van der Waals surface area contributed by atoms with E-state index in [-0.39, 0.29) is 43.5 Å². The monoisotopic (exact) mass is 806 g/mol. The number of rotatable bonds is 9. The average molecular weight is 807 g/mol. The van der Waals surface area contributed by atoms with Gasteiger partial charge in [0.2, 0.25) is 39.2 Å². The minimum absolute atomic E-state index is 0.0164. The van der Waals surface area contributed by atoms with E-state index in [0.29, 0.717) is 42.9 Å². The fraction of sp³-hybridized carbons (Fsp3) is 0.641. The van der Waals surface area contributed by atoms with Crippen molar-refractivity contribution in [1.82, 2.24) is 19.8 Å². The zero-order valence-electron chi connectivity index (χ0n) is 32.1. The van der Waals surface area contributed by atoms with Crippen LogP contribution in [0.2, 0.25) is 0 Å². The number of esters is 1. The van der Waals surface area contributed by atoms with Gasteiger partial charge in [0.05, 0.1) is 53.5 Å². The largest absolute Gasteiger partial charge is 0.479 e. The van der Waals surface area contributed by atoms with E-state index in [9.17, 15) is 40.8 Å². The van der Waals surface area contributed by atoms with E-state index in [1.165, 1.54) is 12.0 Å². The molecule has 2 amide bonds. The smallest absolute Gasteiger partial charge is 0.427 e. The summed E-state index contributed by atoms with van der Waals surface area (Å²) in [6.45, 7) is 5.04. The number of hydrogen-bond acceptors (Lipinski definition) is 11. The van der Waals surface area contributed by atoms with E-state index in [1.54, 1.807) is 31.2 Å². The highest BCUT2D eigenvalue weighted by Gasteiger charge is 2.62. The quantitative estimate of drug-likeness (QED) is 0.252. The van der Waals surface area contributed by atoms with Crippen molar-refractivity contribution < 1.29 is 55.0 Å². The third kappa shape index (κ3) is 8.66. The molecule has 2 saturated carbocycles. The first kappa shape index (κ1) is 41.4. The lowest BCUT2D eigenvalue weighted by Gasteiger charge is -2.33. The summed E-state index contributed by atoms with van der Waals surface area (Å²) in [6, 6.07) is 5.88. The highest BCUT2D eigenvalue weighted by atomic mass is 32.2. The summed E-state index contributed by atoms with van der Waals surface area (Å²) in [4.78, 5) is 57.6. The van der Waals surface area contributed by atoms with Crippen LogP contribution in [0.5, 0.6) is 11.8 Å². The van der Waals surface area contributed by atoms with Gasteiger partial charge in [0.25, 0.3) is 0 Å². The van der Waals surface area contributed by atoms with Crippen LogP contribution in [0.25, 0.3) is 10.8 Å². The Kier molecular flexibility index (Phi) is 11.5. The number of sulfonamides is 1. The highest BCUT2D eigenvalue weighted by molar-refractivity contribution is 7.90. The molecule has 2 aliphatic heterocycles. The maximum atomic E-state index is 14.8. The molecule has 2 aromatic rings. The number of halogens is 3. The molecule has 1 N–H and O–H groups in total. The van der Waals surface area contributed by atoms with Gasteiger partial charge in [0.1, 0.15) is 6.10 Å². The number of allylic oxidation sites excluding steroid dienone is 2. The summed E-state index contributed by atoms with van der Waals surface area (Å²) in [5.41, 5.74) is -4.18. The van der Waals surface area contributed by atoms with Crippen LogP contribution in [0.3, 0.4) is 0 Å². The second-order valence-corrected chi connectivity index (χ2v) is 18.4. The molecule has 17 heteroatoms. The zero-order valence-corrected chi connectivity index (χ0v) is 33.0. The summed E-state index contributed by atoms with van der Waals surface area (Å²) in [6.07, 6.45) is -0.245. The van der Waals surface area contributed by atoms with Crippen LogP contribution >= 0.6 is 0 Å². The molecule has 0 unspecified atom stereocenters. The van der Waals surface area contributed by atoms with Crippen LogP contribution in [0, 0.1) is 29.1 Å². The number of ether oxygens (including phenoxy) is 3. The normalized spacial score (nSPS) is 29.7. The molecule has 1 saturated heterocycles. The van der Waals surface area contributed by atoms with Crippen LogP contribution < -0.4 is 14.2 Å². The Hall–Kier alpha value is -4.28. The predicted octanol–water partition coefficient (Wildman–Crippen LogP) is 5.46. The third-order valence-corrected chi connectivity index (χ3v) is 13.5. The van der Waals surface area contributed by atoms with Crippen molar-refractivity contribution in [1.29, 1.82) is 0 Å². The Bertz CT molecular complexity index is 2000. The Balaban J connectivity index is 1.35. The van der Waals surface area contributed by atoms with Crippen molar-refractivity contribution in [3.8, 4) is 11.8 Å². The third-order valence-electron chi connectivity index (χ3n) is 11.7. The van der Waals surface area contributed by atoms with E-state index in [0.717, 1.165) is 13.8 Å². The Morgan fingerprint density at radius 3 is 2.32 bits per heavy atom. The Labute approximate surface area is 324 Å². The number of methoxy groups -OCH3 is 1. The molecule has 2 aliphatic carbocycles. The number of carbonyl (C=O) groups excluding carboxylic acids is 4. The maximum absolute atomic E-state index is 14.8. The van der Waals surface area contributed by atoms with E-state index < -0.39 is 92.4 Å². The van der Waals surface area contributed by atoms with Crippen molar-refractivity contribution in [2.45, 2.75) is 115 Å². The zero-order chi connectivity index (χ0) is 40.8. The van der Waals surface area contributed by atoms with Gasteiger partial charge in [0, 0.05) is 12.8 Å². The number of fused-ring (bicyclic) bond motifs is 3. The minimum atomic E-state index is -4.87. The molecule has 0 radical (unpaired) electrons. The molecule has 6 rings (SSSR count). The summed E-state index contributed by atoms with van der Waals surface area (Å²) < 4.78 is 85.8. The number of amides is 2. The lowest BCUT2D eigenvalue weighted by molar-refractivity contribution is -0.257. The first-order chi connectivity index (χ1) is 26.3. The summed E-state index contributed by atoms with van der Waals surface area (Å²) >= 11 is 0. The SMILES string of the molecule is COc1nnc(O[C@@H]2C[C@H]3C(=O)C[C@]4(C(=O)NS(=O)(=O)C5CC5)C[C@H]4/C=C\CC[C@@H](C)C[C@@H](C)[C@H](CC(=O)OC(C)(C)C(F)(F)F)C(=O)N3C2)c2ccccc12. The fourth-order valence-corrected chi connectivity index (χ4v) is 9.39. The van der Waals surface area contributed by atoms with Crippen molar-refractivity contribution >= 4 is 44.4 Å². The van der Waals surface area contributed by atoms with E-state index in [1.807, 2.05) is 19.1 Å². The van der Waals surface area contributed by atoms with Crippen molar-refractivity contribution in [3.05, 3.63) is 36.4 Å². The van der Waals surface area contributed by atoms with Gasteiger partial charge in [-0.15, -0.1) is 10.2 Å². The molecule has 56 heavy (non-hydrogen) atoms. The molecule has 3 fully saturated rings. The van der Waals surface area contributed by atoms with Gasteiger partial charge in [0.15, 0.2) is 5.78 Å². The number of alkyl halides is 3. The second kappa shape index (κ2) is 15.6. The Morgan fingerprint density at radius 2 is 1.68 bits per heavy atom. The predicted molar refractivity (Wildman–Crippen MR) is 197 cm³/mol. The average Bonchev–Trinajstić information content (AvgIpc) is 4.05. The van der Waals surface area contributed by atoms with Crippen LogP contribution in [0.4, 0.5) is 13.2 Å². The molecule has 0 spiro atoms. The molecule has 4 aliphatic rings. The molecular formula is C39H49F3N4O9S. The molecule has 1 aromatic carbocycles. The number of hydrogen-bond donors (Lipinski definition) is 1. The summed E-state index contributed by atoms with van der Waals surface area (Å²) in [7, 11) is -2.49. The van der Waals surface area contributed by atoms with Gasteiger partial charge in [-0.2, -0.15) is 13.2 Å². The van der Waals surface area contributed by atoms with Crippen molar-refractivity contribution in [3.63, 3.8) is 0 Å². The number of nitrogens with zero attached hydrogens (tertiary/aromatic N) is 3. The number of aromatic nitrogens is 2. The van der Waals surface area contributed by atoms with Gasteiger partial charge in [-0.1, -0.05) is 38.1 Å². The lowest BCUT2D eigenvalue weighted by Crippen LogP contribution is -2.48. The standard InChI is InChI=1S/C39H49F3N4O9S/c1-22-10-6-7-11-24-19-38(24,36(50)45-56(51,52)26-14-15-26)20-31(47)30-17-25(54-34-28-13-9-8-12-27(28)33(53-5)43-44-34)21-46(30)35(49)29(23(2)16-22)18-32(48)55-37(3,4)39(40,41)42/h7-9,11-13,22-26,29-30H,6,10,14-21H2,1-5H3,(H,45,50)/b11-7-/t22-,23-,24-,25-,29+,30+,38-/m1/s1. The first-order valence-corrected chi connectivity index (χ1v) is 20.6. The van der Waals surface area contributed by atoms with Gasteiger partial charge >= 0.3 is 12.1 Å². The molecule has 306 valence electrons. The van der Waals surface area contributed by atoms with Crippen LogP contribution in [-0.4, -0.2) is 89.9 Å². The van der Waals surface area contributed by atoms with Crippen LogP contribution in [0.1, 0.15) is 85.5 Å². The molecule has 0 bridgehead atoms. The van der Waals surface area contributed by atoms with E-state index in [4.69, 9.17) is 14.2 Å². The topological polar surface area (TPSA) is 171 Å². The summed E-state index contributed by atoms with van der Waals surface area (Å²) in [5, 5.41) is 8.80. The fourth-order valence-electron chi connectivity index (χ4n) is 8.00. The number of ketones is 1. The van der Waals surface area contributed by atoms with Gasteiger partial charge in [-0.3, -0.25) is 23.9 Å². The van der Waals surface area contributed by atoms with Gasteiger partial charge in [-0.25, -0.2) is 8.42 Å². The lowest BCUT2D eigenvalue weighted by atomic mass is 9.82.